The van der Waals surface area contributed by atoms with Gasteiger partial charge < -0.3 is 10.0 Å². The van der Waals surface area contributed by atoms with Crippen LogP contribution >= 0.6 is 11.6 Å². The first-order valence-electron chi connectivity index (χ1n) is 8.76. The van der Waals surface area contributed by atoms with Gasteiger partial charge in [-0.25, -0.2) is 4.79 Å². The van der Waals surface area contributed by atoms with Gasteiger partial charge in [0.25, 0.3) is 0 Å². The molecule has 126 valence electrons. The van der Waals surface area contributed by atoms with E-state index in [0.717, 1.165) is 5.69 Å². The van der Waals surface area contributed by atoms with Gasteiger partial charge in [0.05, 0.1) is 10.6 Å². The molecule has 1 aromatic rings. The zero-order valence-electron chi connectivity index (χ0n) is 14.0. The topological polar surface area (TPSA) is 40.5 Å². The van der Waals surface area contributed by atoms with Crippen LogP contribution in [0.5, 0.6) is 0 Å². The van der Waals surface area contributed by atoms with Crippen molar-refractivity contribution in [3.05, 3.63) is 28.8 Å². The number of nitrogens with zero attached hydrogens (tertiary/aromatic N) is 1. The summed E-state index contributed by atoms with van der Waals surface area (Å²) in [7, 11) is 0. The van der Waals surface area contributed by atoms with Crippen LogP contribution in [0.4, 0.5) is 5.69 Å². The number of carbonyl (C=O) groups is 1. The lowest BCUT2D eigenvalue weighted by atomic mass is 9.74. The quantitative estimate of drug-likeness (QED) is 0.790. The summed E-state index contributed by atoms with van der Waals surface area (Å²) in [5.41, 5.74) is 1.65. The third-order valence-corrected chi connectivity index (χ3v) is 6.37. The summed E-state index contributed by atoms with van der Waals surface area (Å²) in [6, 6.07) is 6.32. The molecule has 1 aliphatic carbocycles. The largest absolute Gasteiger partial charge is 0.478 e. The minimum atomic E-state index is -0.968. The molecule has 1 aromatic carbocycles. The van der Waals surface area contributed by atoms with E-state index in [4.69, 9.17) is 16.7 Å². The van der Waals surface area contributed by atoms with Gasteiger partial charge in [-0.05, 0) is 56.7 Å². The van der Waals surface area contributed by atoms with Crippen LogP contribution in [0, 0.1) is 5.41 Å². The monoisotopic (exact) mass is 335 g/mol. The lowest BCUT2D eigenvalue weighted by Crippen LogP contribution is -2.38. The van der Waals surface area contributed by atoms with Crippen molar-refractivity contribution in [2.24, 2.45) is 5.41 Å². The minimum Gasteiger partial charge on any atom is -0.478 e. The number of hydrogen-bond acceptors (Lipinski definition) is 2. The predicted molar refractivity (Wildman–Crippen MR) is 94.6 cm³/mol. The van der Waals surface area contributed by atoms with Crippen LogP contribution in [0.3, 0.4) is 0 Å². The number of anilines is 1. The zero-order chi connectivity index (χ0) is 16.6. The van der Waals surface area contributed by atoms with E-state index in [9.17, 15) is 4.79 Å². The molecule has 0 radical (unpaired) electrons. The fourth-order valence-corrected chi connectivity index (χ4v) is 5.16. The highest BCUT2D eigenvalue weighted by Gasteiger charge is 2.47. The molecule has 1 spiro atoms. The molecule has 2 aliphatic rings. The summed E-state index contributed by atoms with van der Waals surface area (Å²) in [5, 5.41) is 9.49. The molecule has 2 unspecified atom stereocenters. The number of hydrogen-bond donors (Lipinski definition) is 1. The molecule has 2 fully saturated rings. The third-order valence-electron chi connectivity index (χ3n) is 6.06. The van der Waals surface area contributed by atoms with E-state index in [2.05, 4.69) is 18.7 Å². The van der Waals surface area contributed by atoms with Gasteiger partial charge >= 0.3 is 5.97 Å². The number of benzene rings is 1. The second-order valence-electron chi connectivity index (χ2n) is 7.38. The summed E-state index contributed by atoms with van der Waals surface area (Å²) in [4.78, 5) is 13.6. The molecule has 23 heavy (non-hydrogen) atoms. The Morgan fingerprint density at radius 1 is 1.22 bits per heavy atom. The van der Waals surface area contributed by atoms with Crippen LogP contribution in [0.25, 0.3) is 0 Å². The Kier molecular flexibility index (Phi) is 4.59. The van der Waals surface area contributed by atoms with Gasteiger partial charge in [0, 0.05) is 17.8 Å². The summed E-state index contributed by atoms with van der Waals surface area (Å²) in [6.45, 7) is 4.63. The van der Waals surface area contributed by atoms with E-state index in [-0.39, 0.29) is 5.56 Å². The molecule has 1 aliphatic heterocycles. The van der Waals surface area contributed by atoms with E-state index in [1.807, 2.05) is 12.1 Å². The van der Waals surface area contributed by atoms with Gasteiger partial charge in [0.15, 0.2) is 0 Å². The first-order chi connectivity index (χ1) is 10.9. The lowest BCUT2D eigenvalue weighted by Gasteiger charge is -2.37. The Bertz CT molecular complexity index is 593. The first-order valence-corrected chi connectivity index (χ1v) is 9.14. The van der Waals surface area contributed by atoms with Crippen molar-refractivity contribution in [1.82, 2.24) is 0 Å². The highest BCUT2D eigenvalue weighted by atomic mass is 35.5. The number of halogens is 1. The van der Waals surface area contributed by atoms with Gasteiger partial charge in [0.1, 0.15) is 0 Å². The van der Waals surface area contributed by atoms with E-state index in [0.29, 0.717) is 22.5 Å². The average molecular weight is 336 g/mol. The highest BCUT2D eigenvalue weighted by Crippen LogP contribution is 2.51. The lowest BCUT2D eigenvalue weighted by molar-refractivity contribution is 0.0697. The molecule has 2 atom stereocenters. The zero-order valence-corrected chi connectivity index (χ0v) is 14.8. The summed E-state index contributed by atoms with van der Waals surface area (Å²) in [5.74, 6) is -0.968. The maximum Gasteiger partial charge on any atom is 0.337 e. The summed E-state index contributed by atoms with van der Waals surface area (Å²) >= 11 is 6.19. The van der Waals surface area contributed by atoms with Crippen LogP contribution in [0.15, 0.2) is 18.2 Å². The van der Waals surface area contributed by atoms with E-state index in [1.54, 1.807) is 6.07 Å². The molecule has 3 nitrogen and oxygen atoms in total. The van der Waals surface area contributed by atoms with Crippen molar-refractivity contribution in [3.8, 4) is 0 Å². The maximum atomic E-state index is 11.2. The second kappa shape index (κ2) is 6.35. The normalized spacial score (nSPS) is 27.2. The van der Waals surface area contributed by atoms with Crippen molar-refractivity contribution in [3.63, 3.8) is 0 Å². The van der Waals surface area contributed by atoms with Gasteiger partial charge in [-0.2, -0.15) is 0 Å². The summed E-state index contributed by atoms with van der Waals surface area (Å²) < 4.78 is 0. The average Bonchev–Trinajstić information content (AvgIpc) is 2.66. The molecule has 4 heteroatoms. The fourth-order valence-electron chi connectivity index (χ4n) is 4.90. The van der Waals surface area contributed by atoms with Crippen molar-refractivity contribution >= 4 is 23.3 Å². The molecule has 1 saturated carbocycles. The highest BCUT2D eigenvalue weighted by molar-refractivity contribution is 6.33. The van der Waals surface area contributed by atoms with E-state index >= 15 is 0 Å². The molecular weight excluding hydrogens is 310 g/mol. The molecular formula is C19H26ClNO2. The van der Waals surface area contributed by atoms with E-state index in [1.165, 1.54) is 44.9 Å². The molecule has 3 rings (SSSR count). The molecule has 1 saturated heterocycles. The van der Waals surface area contributed by atoms with Gasteiger partial charge in [-0.15, -0.1) is 0 Å². The fraction of sp³-hybridized carbons (Fsp3) is 0.632. The number of carboxylic acid groups (broad SMARTS) is 1. The first kappa shape index (κ1) is 16.6. The SMILES string of the molecule is CC1CC2(CCCCCC2)C(C)N1c1ccc(C(=O)O)c(Cl)c1. The van der Waals surface area contributed by atoms with Gasteiger partial charge in [0.2, 0.25) is 0 Å². The van der Waals surface area contributed by atoms with Crippen LogP contribution in [-0.2, 0) is 0 Å². The molecule has 1 N–H and O–H groups in total. The maximum absolute atomic E-state index is 11.2. The minimum absolute atomic E-state index is 0.180. The van der Waals surface area contributed by atoms with Crippen LogP contribution in [-0.4, -0.2) is 23.2 Å². The molecule has 1 heterocycles. The molecule has 0 aromatic heterocycles. The Labute approximate surface area is 143 Å². The Morgan fingerprint density at radius 3 is 2.43 bits per heavy atom. The van der Waals surface area contributed by atoms with Crippen molar-refractivity contribution < 1.29 is 9.90 Å². The Balaban J connectivity index is 1.90. The Hall–Kier alpha value is -1.22. The van der Waals surface area contributed by atoms with Gasteiger partial charge in [-0.1, -0.05) is 37.3 Å². The third kappa shape index (κ3) is 2.96. The summed E-state index contributed by atoms with van der Waals surface area (Å²) in [6.07, 6.45) is 9.26. The van der Waals surface area contributed by atoms with E-state index < -0.39 is 5.97 Å². The standard InChI is InChI=1S/C19H26ClNO2/c1-13-12-19(9-5-3-4-6-10-19)14(2)21(13)15-7-8-16(18(22)23)17(20)11-15/h7-8,11,13-14H,3-6,9-10,12H2,1-2H3,(H,22,23). The number of aromatic carboxylic acids is 1. The van der Waals surface area contributed by atoms with Crippen LogP contribution < -0.4 is 4.90 Å². The smallest absolute Gasteiger partial charge is 0.337 e. The predicted octanol–water partition coefficient (Wildman–Crippen LogP) is 5.37. The molecule has 0 bridgehead atoms. The van der Waals surface area contributed by atoms with Crippen molar-refractivity contribution in [2.45, 2.75) is 70.9 Å². The number of carboxylic acids is 1. The number of rotatable bonds is 2. The van der Waals surface area contributed by atoms with Crippen molar-refractivity contribution in [1.29, 1.82) is 0 Å². The van der Waals surface area contributed by atoms with Crippen molar-refractivity contribution in [2.75, 3.05) is 4.90 Å². The Morgan fingerprint density at radius 2 is 1.87 bits per heavy atom. The second-order valence-corrected chi connectivity index (χ2v) is 7.79. The van der Waals surface area contributed by atoms with Gasteiger partial charge in [-0.3, -0.25) is 0 Å². The van der Waals surface area contributed by atoms with Crippen LogP contribution in [0.1, 0.15) is 69.2 Å². The molecule has 0 amide bonds. The van der Waals surface area contributed by atoms with Crippen LogP contribution in [0.2, 0.25) is 5.02 Å².